The summed E-state index contributed by atoms with van der Waals surface area (Å²) in [4.78, 5) is 0. The molecule has 1 nitrogen and oxygen atoms in total. The van der Waals surface area contributed by atoms with E-state index in [1.807, 2.05) is 36.4 Å². The van der Waals surface area contributed by atoms with Gasteiger partial charge >= 0.3 is 0 Å². The normalized spacial score (nSPS) is 16.5. The zero-order valence-electron chi connectivity index (χ0n) is 6.12. The van der Waals surface area contributed by atoms with Crippen molar-refractivity contribution < 1.29 is 5.11 Å². The van der Waals surface area contributed by atoms with Crippen molar-refractivity contribution in [1.29, 1.82) is 0 Å². The molecule has 0 heterocycles. The highest BCUT2D eigenvalue weighted by Gasteiger charge is 2.13. The fraction of sp³-hybridized carbons (Fsp3) is 0.100. The number of benzene rings is 1. The van der Waals surface area contributed by atoms with E-state index in [4.69, 9.17) is 0 Å². The third kappa shape index (κ3) is 1.08. The second kappa shape index (κ2) is 2.51. The molecule has 0 bridgehead atoms. The Hall–Kier alpha value is -1.08. The first-order valence-corrected chi connectivity index (χ1v) is 3.68. The van der Waals surface area contributed by atoms with Crippen LogP contribution in [0, 0.1) is 6.10 Å². The van der Waals surface area contributed by atoms with E-state index in [1.54, 1.807) is 0 Å². The molecule has 0 aromatic heterocycles. The Balaban J connectivity index is 2.54. The third-order valence-electron chi connectivity index (χ3n) is 1.88. The van der Waals surface area contributed by atoms with Crippen LogP contribution in [0.1, 0.15) is 17.5 Å². The molecule has 0 aliphatic heterocycles. The number of rotatable bonds is 0. The predicted molar refractivity (Wildman–Crippen MR) is 44.4 cm³/mol. The molecule has 1 aromatic carbocycles. The largest absolute Gasteiger partial charge is 0.381 e. The Morgan fingerprint density at radius 3 is 2.82 bits per heavy atom. The van der Waals surface area contributed by atoms with Gasteiger partial charge in [0, 0.05) is 6.42 Å². The van der Waals surface area contributed by atoms with E-state index in [1.165, 1.54) is 0 Å². The van der Waals surface area contributed by atoms with Crippen LogP contribution in [0.15, 0.2) is 30.3 Å². The molecule has 0 saturated carbocycles. The van der Waals surface area contributed by atoms with Gasteiger partial charge in [0.05, 0.1) is 0 Å². The minimum atomic E-state index is 0.475. The summed E-state index contributed by atoms with van der Waals surface area (Å²) < 4.78 is 0. The molecule has 55 valence electrons. The molecule has 1 heteroatoms. The minimum Gasteiger partial charge on any atom is -0.381 e. The van der Waals surface area contributed by atoms with Crippen molar-refractivity contribution in [2.75, 3.05) is 0 Å². The molecule has 0 spiro atoms. The third-order valence-corrected chi connectivity index (χ3v) is 1.88. The molecule has 11 heavy (non-hydrogen) atoms. The van der Waals surface area contributed by atoms with Crippen LogP contribution >= 0.6 is 0 Å². The summed E-state index contributed by atoms with van der Waals surface area (Å²) in [7, 11) is 0. The van der Waals surface area contributed by atoms with Crippen molar-refractivity contribution >= 4 is 6.08 Å². The SMILES string of the molecule is O[C]1CC=Cc2ccccc21. The topological polar surface area (TPSA) is 20.2 Å². The smallest absolute Gasteiger partial charge is 0.127 e. The van der Waals surface area contributed by atoms with Crippen molar-refractivity contribution in [3.63, 3.8) is 0 Å². The summed E-state index contributed by atoms with van der Waals surface area (Å²) in [6.07, 6.45) is 5.15. The molecule has 1 aliphatic rings. The lowest BCUT2D eigenvalue weighted by Crippen LogP contribution is -2.02. The summed E-state index contributed by atoms with van der Waals surface area (Å²) in [5, 5.41) is 9.43. The second-order valence-electron chi connectivity index (χ2n) is 2.64. The zero-order valence-corrected chi connectivity index (χ0v) is 6.12. The van der Waals surface area contributed by atoms with Gasteiger partial charge in [-0.05, 0) is 11.1 Å². The maximum Gasteiger partial charge on any atom is 0.127 e. The molecule has 1 aliphatic carbocycles. The quantitative estimate of drug-likeness (QED) is 0.594. The fourth-order valence-corrected chi connectivity index (χ4v) is 1.31. The van der Waals surface area contributed by atoms with Crippen LogP contribution in [0.25, 0.3) is 6.08 Å². The zero-order chi connectivity index (χ0) is 7.68. The first-order valence-electron chi connectivity index (χ1n) is 3.68. The summed E-state index contributed by atoms with van der Waals surface area (Å²) in [5.74, 6) is 0. The molecule has 0 atom stereocenters. The molecular formula is C10H9O. The van der Waals surface area contributed by atoms with Crippen LogP contribution in [0.5, 0.6) is 0 Å². The highest BCUT2D eigenvalue weighted by Crippen LogP contribution is 2.25. The molecule has 0 unspecified atom stereocenters. The van der Waals surface area contributed by atoms with Crippen LogP contribution in [0.4, 0.5) is 0 Å². The van der Waals surface area contributed by atoms with Crippen LogP contribution in [-0.2, 0) is 0 Å². The van der Waals surface area contributed by atoms with Crippen LogP contribution in [-0.4, -0.2) is 5.11 Å². The number of aliphatic hydroxyl groups is 1. The van der Waals surface area contributed by atoms with Crippen molar-refractivity contribution in [3.8, 4) is 0 Å². The van der Waals surface area contributed by atoms with Gasteiger partial charge in [-0.15, -0.1) is 0 Å². The molecule has 0 fully saturated rings. The van der Waals surface area contributed by atoms with Gasteiger partial charge < -0.3 is 5.11 Å². The van der Waals surface area contributed by atoms with E-state index in [9.17, 15) is 5.11 Å². The molecule has 0 amide bonds. The monoisotopic (exact) mass is 145 g/mol. The number of hydrogen-bond acceptors (Lipinski definition) is 1. The Bertz CT molecular complexity index is 289. The Morgan fingerprint density at radius 1 is 1.18 bits per heavy atom. The van der Waals surface area contributed by atoms with Gasteiger partial charge in [0.2, 0.25) is 0 Å². The van der Waals surface area contributed by atoms with Crippen LogP contribution in [0.2, 0.25) is 0 Å². The number of hydrogen-bond donors (Lipinski definition) is 1. The minimum absolute atomic E-state index is 0.475. The van der Waals surface area contributed by atoms with Gasteiger partial charge in [-0.2, -0.15) is 0 Å². The van der Waals surface area contributed by atoms with Gasteiger partial charge in [-0.3, -0.25) is 0 Å². The highest BCUT2D eigenvalue weighted by molar-refractivity contribution is 5.60. The van der Waals surface area contributed by atoms with Crippen molar-refractivity contribution in [3.05, 3.63) is 47.6 Å². The summed E-state index contributed by atoms with van der Waals surface area (Å²) in [6.45, 7) is 0. The first kappa shape index (κ1) is 6.62. The summed E-state index contributed by atoms with van der Waals surface area (Å²) in [5.41, 5.74) is 2.08. The highest BCUT2D eigenvalue weighted by atomic mass is 16.3. The Morgan fingerprint density at radius 2 is 2.00 bits per heavy atom. The van der Waals surface area contributed by atoms with Crippen LogP contribution in [0.3, 0.4) is 0 Å². The van der Waals surface area contributed by atoms with Gasteiger partial charge in [0.1, 0.15) is 6.10 Å². The van der Waals surface area contributed by atoms with Crippen molar-refractivity contribution in [2.45, 2.75) is 6.42 Å². The van der Waals surface area contributed by atoms with Gasteiger partial charge in [0.25, 0.3) is 0 Å². The van der Waals surface area contributed by atoms with E-state index in [2.05, 4.69) is 0 Å². The van der Waals surface area contributed by atoms with E-state index >= 15 is 0 Å². The van der Waals surface area contributed by atoms with E-state index in [0.717, 1.165) is 11.1 Å². The number of fused-ring (bicyclic) bond motifs is 1. The van der Waals surface area contributed by atoms with Crippen LogP contribution < -0.4 is 0 Å². The summed E-state index contributed by atoms with van der Waals surface area (Å²) >= 11 is 0. The Labute approximate surface area is 66.0 Å². The summed E-state index contributed by atoms with van der Waals surface area (Å²) in [6, 6.07) is 7.85. The lowest BCUT2D eigenvalue weighted by atomic mass is 9.95. The fourth-order valence-electron chi connectivity index (χ4n) is 1.31. The average molecular weight is 145 g/mol. The van der Waals surface area contributed by atoms with Gasteiger partial charge in [-0.1, -0.05) is 36.4 Å². The molecule has 2 rings (SSSR count). The second-order valence-corrected chi connectivity index (χ2v) is 2.64. The van der Waals surface area contributed by atoms with Crippen molar-refractivity contribution in [2.24, 2.45) is 0 Å². The van der Waals surface area contributed by atoms with E-state index in [-0.39, 0.29) is 0 Å². The lowest BCUT2D eigenvalue weighted by molar-refractivity contribution is 0.325. The lowest BCUT2D eigenvalue weighted by Gasteiger charge is -2.14. The Kier molecular flexibility index (Phi) is 1.51. The first-order chi connectivity index (χ1) is 5.38. The van der Waals surface area contributed by atoms with Crippen molar-refractivity contribution in [1.82, 2.24) is 0 Å². The molecule has 0 saturated heterocycles. The van der Waals surface area contributed by atoms with E-state index < -0.39 is 0 Å². The van der Waals surface area contributed by atoms with Gasteiger partial charge in [-0.25, -0.2) is 0 Å². The molecular weight excluding hydrogens is 136 g/mol. The maximum absolute atomic E-state index is 9.43. The number of aliphatic hydroxyl groups excluding tert-OH is 1. The maximum atomic E-state index is 9.43. The molecule has 1 aromatic rings. The van der Waals surface area contributed by atoms with E-state index in [0.29, 0.717) is 12.5 Å². The standard InChI is InChI=1S/C10H9O/c11-10-7-3-5-8-4-1-2-6-9(8)10/h1-6,11H,7H2. The molecule has 1 N–H and O–H groups in total. The molecule has 1 radical (unpaired) electrons. The van der Waals surface area contributed by atoms with Gasteiger partial charge in [0.15, 0.2) is 0 Å². The average Bonchev–Trinajstić information content (AvgIpc) is 2.06. The predicted octanol–water partition coefficient (Wildman–Crippen LogP) is 2.36.